The third kappa shape index (κ3) is 2.96. The maximum absolute atomic E-state index is 13.3. The van der Waals surface area contributed by atoms with E-state index in [1.165, 1.54) is 0 Å². The van der Waals surface area contributed by atoms with Crippen molar-refractivity contribution in [2.45, 2.75) is 18.1 Å². The molecule has 0 aliphatic carbocycles. The van der Waals surface area contributed by atoms with Gasteiger partial charge in [0, 0.05) is 30.2 Å². The van der Waals surface area contributed by atoms with E-state index in [-0.39, 0.29) is 24.5 Å². The molecule has 0 radical (unpaired) electrons. The predicted molar refractivity (Wildman–Crippen MR) is 108 cm³/mol. The zero-order valence-corrected chi connectivity index (χ0v) is 15.9. The molecule has 2 atom stereocenters. The molecule has 29 heavy (non-hydrogen) atoms. The van der Waals surface area contributed by atoms with Crippen LogP contribution in [-0.4, -0.2) is 47.5 Å². The van der Waals surface area contributed by atoms with Crippen molar-refractivity contribution in [1.29, 1.82) is 0 Å². The summed E-state index contributed by atoms with van der Waals surface area (Å²) in [4.78, 5) is 31.7. The number of nitrogens with one attached hydrogen (secondary N) is 1. The van der Waals surface area contributed by atoms with Gasteiger partial charge in [-0.2, -0.15) is 0 Å². The van der Waals surface area contributed by atoms with E-state index in [2.05, 4.69) is 10.3 Å². The number of hydrogen-bond acceptors (Lipinski definition) is 4. The Bertz CT molecular complexity index is 1080. The molecule has 146 valence electrons. The van der Waals surface area contributed by atoms with Gasteiger partial charge in [-0.3, -0.25) is 14.6 Å². The van der Waals surface area contributed by atoms with E-state index in [4.69, 9.17) is 4.74 Å². The quantitative estimate of drug-likeness (QED) is 0.733. The number of nitrogens with zero attached hydrogens (tertiary/aromatic N) is 2. The molecule has 0 saturated carbocycles. The lowest BCUT2D eigenvalue weighted by atomic mass is 9.77. The normalized spacial score (nSPS) is 24.1. The number of hydrogen-bond donors (Lipinski definition) is 1. The number of aromatic nitrogens is 1. The van der Waals surface area contributed by atoms with Crippen LogP contribution in [-0.2, 0) is 15.1 Å². The number of likely N-dealkylation sites (tertiary alicyclic amines) is 1. The van der Waals surface area contributed by atoms with E-state index in [9.17, 15) is 9.59 Å². The highest BCUT2D eigenvalue weighted by molar-refractivity contribution is 6.06. The molecular weight excluding hydrogens is 366 g/mol. The minimum atomic E-state index is -0.603. The molecule has 2 saturated heterocycles. The van der Waals surface area contributed by atoms with Gasteiger partial charge in [0.2, 0.25) is 5.91 Å². The molecule has 2 aromatic carbocycles. The number of ether oxygens (including phenoxy) is 1. The Labute approximate surface area is 168 Å². The van der Waals surface area contributed by atoms with Crippen LogP contribution in [0.2, 0.25) is 0 Å². The average molecular weight is 387 g/mol. The van der Waals surface area contributed by atoms with Crippen LogP contribution in [0.5, 0.6) is 0 Å². The molecule has 2 aliphatic rings. The molecule has 2 fully saturated rings. The van der Waals surface area contributed by atoms with Crippen molar-refractivity contribution in [1.82, 2.24) is 15.2 Å². The van der Waals surface area contributed by atoms with Crippen molar-refractivity contribution < 1.29 is 14.3 Å². The Balaban J connectivity index is 1.47. The summed E-state index contributed by atoms with van der Waals surface area (Å²) in [6, 6.07) is 19.3. The summed E-state index contributed by atoms with van der Waals surface area (Å²) in [5, 5.41) is 4.01. The van der Waals surface area contributed by atoms with Crippen molar-refractivity contribution in [3.8, 4) is 0 Å². The van der Waals surface area contributed by atoms with Gasteiger partial charge in [0.25, 0.3) is 5.91 Å². The summed E-state index contributed by atoms with van der Waals surface area (Å²) in [5.74, 6) is -0.157. The summed E-state index contributed by atoms with van der Waals surface area (Å²) in [6.07, 6.45) is 2.03. The van der Waals surface area contributed by atoms with E-state index < -0.39 is 5.54 Å². The molecule has 2 amide bonds. The van der Waals surface area contributed by atoms with E-state index >= 15 is 0 Å². The van der Waals surface area contributed by atoms with Gasteiger partial charge in [0.1, 0.15) is 12.7 Å². The fourth-order valence-corrected chi connectivity index (χ4v) is 4.50. The van der Waals surface area contributed by atoms with Gasteiger partial charge in [0.05, 0.1) is 11.1 Å². The lowest BCUT2D eigenvalue weighted by molar-refractivity contribution is -0.150. The van der Waals surface area contributed by atoms with Crippen LogP contribution in [0.25, 0.3) is 10.9 Å². The summed E-state index contributed by atoms with van der Waals surface area (Å²) in [5.41, 5.74) is 1.85. The Hall–Kier alpha value is -3.25. The minimum absolute atomic E-state index is 0.0134. The third-order valence-corrected chi connectivity index (χ3v) is 5.94. The Morgan fingerprint density at radius 3 is 2.83 bits per heavy atom. The monoisotopic (exact) mass is 387 g/mol. The molecule has 1 N–H and O–H groups in total. The van der Waals surface area contributed by atoms with E-state index in [0.29, 0.717) is 25.1 Å². The Morgan fingerprint density at radius 2 is 1.97 bits per heavy atom. The van der Waals surface area contributed by atoms with Crippen molar-refractivity contribution in [2.75, 3.05) is 19.7 Å². The number of piperidine rings is 1. The SMILES string of the molecule is O=C1CO[C@@H]2CN(C(=O)c3cccc4ncccc34)CC[C@@]2(c2ccccc2)N1. The molecule has 5 rings (SSSR count). The highest BCUT2D eigenvalue weighted by Crippen LogP contribution is 2.37. The first-order valence-corrected chi connectivity index (χ1v) is 9.78. The first-order valence-electron chi connectivity index (χ1n) is 9.78. The summed E-state index contributed by atoms with van der Waals surface area (Å²) < 4.78 is 5.94. The van der Waals surface area contributed by atoms with Crippen LogP contribution in [0.1, 0.15) is 22.3 Å². The fraction of sp³-hybridized carbons (Fsp3) is 0.261. The maximum atomic E-state index is 13.3. The molecule has 1 aromatic heterocycles. The van der Waals surface area contributed by atoms with E-state index in [0.717, 1.165) is 16.5 Å². The van der Waals surface area contributed by atoms with Crippen LogP contribution in [0.3, 0.4) is 0 Å². The van der Waals surface area contributed by atoms with Crippen LogP contribution < -0.4 is 5.32 Å². The highest BCUT2D eigenvalue weighted by atomic mass is 16.5. The second kappa shape index (κ2) is 6.97. The van der Waals surface area contributed by atoms with Crippen LogP contribution >= 0.6 is 0 Å². The van der Waals surface area contributed by atoms with Crippen LogP contribution in [0.15, 0.2) is 66.9 Å². The van der Waals surface area contributed by atoms with Crippen molar-refractivity contribution in [2.24, 2.45) is 0 Å². The lowest BCUT2D eigenvalue weighted by Crippen LogP contribution is -2.67. The molecular formula is C23H21N3O3. The molecule has 6 heteroatoms. The number of rotatable bonds is 2. The number of morpholine rings is 1. The van der Waals surface area contributed by atoms with E-state index in [1.807, 2.05) is 65.6 Å². The third-order valence-electron chi connectivity index (χ3n) is 5.94. The Kier molecular flexibility index (Phi) is 4.28. The van der Waals surface area contributed by atoms with Crippen molar-refractivity contribution in [3.63, 3.8) is 0 Å². The standard InChI is InChI=1S/C23H21N3O3/c27-21-15-29-20-14-26(13-11-23(20,25-21)16-6-2-1-3-7-16)22(28)18-8-4-10-19-17(18)9-5-12-24-19/h1-10,12,20H,11,13-15H2,(H,25,27)/t20-,23+/m1/s1. The topological polar surface area (TPSA) is 71.5 Å². The van der Waals surface area contributed by atoms with Crippen molar-refractivity contribution >= 4 is 22.7 Å². The van der Waals surface area contributed by atoms with Gasteiger partial charge in [-0.25, -0.2) is 0 Å². The number of pyridine rings is 1. The number of benzene rings is 2. The van der Waals surface area contributed by atoms with Crippen LogP contribution in [0.4, 0.5) is 0 Å². The van der Waals surface area contributed by atoms with Gasteiger partial charge in [-0.15, -0.1) is 0 Å². The molecule has 0 bridgehead atoms. The second-order valence-electron chi connectivity index (χ2n) is 7.56. The largest absolute Gasteiger partial charge is 0.364 e. The average Bonchev–Trinajstić information content (AvgIpc) is 2.78. The van der Waals surface area contributed by atoms with Gasteiger partial charge < -0.3 is 15.0 Å². The number of amides is 2. The molecule has 3 aromatic rings. The zero-order chi connectivity index (χ0) is 19.8. The number of carbonyl (C=O) groups is 2. The first kappa shape index (κ1) is 17.8. The number of carbonyl (C=O) groups excluding carboxylic acids is 2. The van der Waals surface area contributed by atoms with Crippen LogP contribution in [0, 0.1) is 0 Å². The zero-order valence-electron chi connectivity index (χ0n) is 15.9. The molecule has 0 unspecified atom stereocenters. The van der Waals surface area contributed by atoms with Gasteiger partial charge in [0.15, 0.2) is 0 Å². The summed E-state index contributed by atoms with van der Waals surface area (Å²) >= 11 is 0. The molecule has 3 heterocycles. The van der Waals surface area contributed by atoms with Gasteiger partial charge >= 0.3 is 0 Å². The maximum Gasteiger partial charge on any atom is 0.254 e. The first-order chi connectivity index (χ1) is 14.2. The predicted octanol–water partition coefficient (Wildman–Crippen LogP) is 2.49. The number of fused-ring (bicyclic) bond motifs is 2. The highest BCUT2D eigenvalue weighted by Gasteiger charge is 2.49. The van der Waals surface area contributed by atoms with Crippen molar-refractivity contribution in [3.05, 3.63) is 78.0 Å². The molecule has 6 nitrogen and oxygen atoms in total. The summed E-state index contributed by atoms with van der Waals surface area (Å²) in [7, 11) is 0. The smallest absolute Gasteiger partial charge is 0.254 e. The summed E-state index contributed by atoms with van der Waals surface area (Å²) in [6.45, 7) is 0.967. The molecule has 2 aliphatic heterocycles. The van der Waals surface area contributed by atoms with Gasteiger partial charge in [-0.1, -0.05) is 42.5 Å². The van der Waals surface area contributed by atoms with Gasteiger partial charge in [-0.05, 0) is 30.2 Å². The second-order valence-corrected chi connectivity index (χ2v) is 7.56. The fourth-order valence-electron chi connectivity index (χ4n) is 4.50. The minimum Gasteiger partial charge on any atom is -0.364 e. The Morgan fingerprint density at radius 1 is 1.10 bits per heavy atom. The molecule has 0 spiro atoms. The lowest BCUT2D eigenvalue weighted by Gasteiger charge is -2.50. The van der Waals surface area contributed by atoms with E-state index in [1.54, 1.807) is 6.20 Å².